The third-order valence-corrected chi connectivity index (χ3v) is 6.62. The first kappa shape index (κ1) is 22.4. The fraction of sp³-hybridized carbons (Fsp3) is 0.375. The van der Waals surface area contributed by atoms with E-state index in [1.165, 1.54) is 24.8 Å². The van der Waals surface area contributed by atoms with Crippen LogP contribution in [0.3, 0.4) is 0 Å². The van der Waals surface area contributed by atoms with Gasteiger partial charge in [-0.25, -0.2) is 0 Å². The predicted molar refractivity (Wildman–Crippen MR) is 70.5 cm³/mol. The van der Waals surface area contributed by atoms with Crippen molar-refractivity contribution in [3.63, 3.8) is 0 Å². The van der Waals surface area contributed by atoms with Crippen LogP contribution in [-0.4, -0.2) is 0 Å². The van der Waals surface area contributed by atoms with E-state index in [-0.39, 0.29) is 53.5 Å². The van der Waals surface area contributed by atoms with E-state index in [4.69, 9.17) is 0 Å². The van der Waals surface area contributed by atoms with E-state index in [9.17, 15) is 0 Å². The van der Waals surface area contributed by atoms with Gasteiger partial charge >= 0.3 is 112 Å². The van der Waals surface area contributed by atoms with Crippen molar-refractivity contribution in [1.82, 2.24) is 0 Å². The first-order valence-corrected chi connectivity index (χ1v) is 7.84. The fourth-order valence-electron chi connectivity index (χ4n) is 2.42. The Balaban J connectivity index is 0. The summed E-state index contributed by atoms with van der Waals surface area (Å²) < 4.78 is 2.10. The molecule has 1 aliphatic carbocycles. The largest absolute Gasteiger partial charge is 1.00 e. The van der Waals surface area contributed by atoms with Crippen LogP contribution in [0.2, 0.25) is 0 Å². The van der Waals surface area contributed by atoms with Crippen LogP contribution in [0.5, 0.6) is 0 Å². The van der Waals surface area contributed by atoms with Gasteiger partial charge in [0.2, 0.25) is 0 Å². The summed E-state index contributed by atoms with van der Waals surface area (Å²) in [5, 5.41) is 0. The molecule has 0 heterocycles. The molecule has 0 nitrogen and oxygen atoms in total. The topological polar surface area (TPSA) is 0 Å². The minimum absolute atomic E-state index is 0. The maximum atomic E-state index is 2.34. The third-order valence-electron chi connectivity index (χ3n) is 3.59. The molecule has 2 rings (SSSR count). The van der Waals surface area contributed by atoms with Gasteiger partial charge in [-0.2, -0.15) is 0 Å². The van der Waals surface area contributed by atoms with E-state index in [1.807, 2.05) is 0 Å². The molecule has 0 saturated heterocycles. The van der Waals surface area contributed by atoms with Gasteiger partial charge in [0.25, 0.3) is 0 Å². The van der Waals surface area contributed by atoms with Crippen LogP contribution in [0.1, 0.15) is 38.7 Å². The summed E-state index contributed by atoms with van der Waals surface area (Å²) in [6.07, 6.45) is 10.5. The smallest absolute Gasteiger partial charge is 1.00 e. The molecular weight excluding hydrogens is 349 g/mol. The molecule has 1 aromatic rings. The molecule has 0 spiro atoms. The van der Waals surface area contributed by atoms with E-state index < -0.39 is 0 Å². The monoisotopic (exact) mass is 368 g/mol. The standard InChI is InChI=1S/C11H15.C5H5.3ClH.V/c1-3-10(4-2)11-8-6-5-7-9-11;1-2-4-5-3-1;;;;/h5-9H,3-4H2,1-2H3;1-3H,4H2;3*1H;/q;;;;;+3/p-3. The number of halogens is 3. The molecule has 4 heteroatoms. The summed E-state index contributed by atoms with van der Waals surface area (Å²) in [4.78, 5) is 0. The molecule has 0 aliphatic heterocycles. The van der Waals surface area contributed by atoms with Gasteiger partial charge < -0.3 is 37.2 Å². The SMILES string of the molecule is CC[C](CC)([V+3][C]1=CC=CC1)c1ccccc1.[Cl-].[Cl-].[Cl-]. The van der Waals surface area contributed by atoms with Crippen molar-refractivity contribution in [2.75, 3.05) is 0 Å². The van der Waals surface area contributed by atoms with Crippen LogP contribution in [0.4, 0.5) is 0 Å². The van der Waals surface area contributed by atoms with Crippen molar-refractivity contribution in [3.05, 3.63) is 58.4 Å². The Morgan fingerprint density at radius 1 is 1.00 bits per heavy atom. The van der Waals surface area contributed by atoms with Crippen molar-refractivity contribution in [2.45, 2.75) is 37.2 Å². The van der Waals surface area contributed by atoms with Crippen LogP contribution < -0.4 is 37.2 Å². The summed E-state index contributed by atoms with van der Waals surface area (Å²) in [6.45, 7) is 4.68. The number of rotatable bonds is 5. The molecule has 1 aromatic carbocycles. The zero-order chi connectivity index (χ0) is 12.1. The van der Waals surface area contributed by atoms with Crippen molar-refractivity contribution in [1.29, 1.82) is 0 Å². The molecular formula is C16H20Cl3V. The first-order valence-electron chi connectivity index (χ1n) is 6.45. The van der Waals surface area contributed by atoms with Crippen molar-refractivity contribution >= 4 is 0 Å². The second-order valence-corrected chi connectivity index (χ2v) is 7.09. The van der Waals surface area contributed by atoms with Gasteiger partial charge in [-0.3, -0.25) is 0 Å². The molecule has 0 fully saturated rings. The summed E-state index contributed by atoms with van der Waals surface area (Å²) in [7, 11) is 0. The predicted octanol–water partition coefficient (Wildman–Crippen LogP) is -4.36. The minimum Gasteiger partial charge on any atom is -1.00 e. The Labute approximate surface area is 148 Å². The number of hydrogen-bond acceptors (Lipinski definition) is 0. The first-order chi connectivity index (χ1) is 8.30. The Kier molecular flexibility index (Phi) is 12.1. The average Bonchev–Trinajstić information content (AvgIpc) is 2.90. The van der Waals surface area contributed by atoms with Crippen LogP contribution in [0.15, 0.2) is 52.8 Å². The van der Waals surface area contributed by atoms with Gasteiger partial charge in [0.1, 0.15) is 0 Å². The molecule has 0 unspecified atom stereocenters. The molecule has 1 aliphatic rings. The minimum atomic E-state index is 0. The van der Waals surface area contributed by atoms with Gasteiger partial charge in [0.05, 0.1) is 0 Å². The number of hydrogen-bond donors (Lipinski definition) is 0. The van der Waals surface area contributed by atoms with Crippen LogP contribution >= 0.6 is 0 Å². The summed E-state index contributed by atoms with van der Waals surface area (Å²) in [6, 6.07) is 11.1. The summed E-state index contributed by atoms with van der Waals surface area (Å²) in [5.41, 5.74) is 1.54. The van der Waals surface area contributed by atoms with Gasteiger partial charge in [-0.15, -0.1) is 0 Å². The molecule has 0 atom stereocenters. The van der Waals surface area contributed by atoms with Crippen molar-refractivity contribution < 1.29 is 53.5 Å². The Morgan fingerprint density at radius 2 is 1.60 bits per heavy atom. The maximum Gasteiger partial charge on any atom is -1.00 e. The molecule has 0 amide bonds. The normalized spacial score (nSPS) is 12.4. The molecule has 0 radical (unpaired) electrons. The molecule has 0 aromatic heterocycles. The van der Waals surface area contributed by atoms with E-state index >= 15 is 0 Å². The summed E-state index contributed by atoms with van der Waals surface area (Å²) in [5.74, 6) is 0. The van der Waals surface area contributed by atoms with E-state index in [0.717, 1.165) is 0 Å². The second kappa shape index (κ2) is 10.8. The van der Waals surface area contributed by atoms with Crippen LogP contribution in [0.25, 0.3) is 0 Å². The van der Waals surface area contributed by atoms with E-state index in [0.29, 0.717) is 4.13 Å². The maximum absolute atomic E-state index is 2.34. The zero-order valence-electron chi connectivity index (χ0n) is 11.8. The van der Waals surface area contributed by atoms with E-state index in [2.05, 4.69) is 62.4 Å². The van der Waals surface area contributed by atoms with E-state index in [1.54, 1.807) is 4.28 Å². The van der Waals surface area contributed by atoms with Gasteiger partial charge in [0, 0.05) is 0 Å². The van der Waals surface area contributed by atoms with Gasteiger partial charge in [-0.1, -0.05) is 0 Å². The Morgan fingerprint density at radius 3 is 2.05 bits per heavy atom. The van der Waals surface area contributed by atoms with Gasteiger partial charge in [0.15, 0.2) is 0 Å². The van der Waals surface area contributed by atoms with Crippen molar-refractivity contribution in [2.24, 2.45) is 0 Å². The Bertz CT molecular complexity index is 423. The van der Waals surface area contributed by atoms with Crippen molar-refractivity contribution in [3.8, 4) is 0 Å². The molecule has 20 heavy (non-hydrogen) atoms. The average molecular weight is 370 g/mol. The zero-order valence-corrected chi connectivity index (χ0v) is 15.5. The second-order valence-electron chi connectivity index (χ2n) is 4.51. The third kappa shape index (κ3) is 5.17. The molecule has 0 N–H and O–H groups in total. The van der Waals surface area contributed by atoms with Crippen LogP contribution in [0, 0.1) is 0 Å². The number of benzene rings is 1. The Hall–Kier alpha value is 0.154. The van der Waals surface area contributed by atoms with Crippen LogP contribution in [-0.2, 0) is 20.4 Å². The summed E-state index contributed by atoms with van der Waals surface area (Å²) >= 11 is 0.253. The number of allylic oxidation sites excluding steroid dienone is 4. The fourth-order valence-corrected chi connectivity index (χ4v) is 4.77. The molecule has 0 saturated carbocycles. The quantitative estimate of drug-likeness (QED) is 0.492. The van der Waals surface area contributed by atoms with Gasteiger partial charge in [-0.05, 0) is 0 Å². The molecule has 110 valence electrons. The molecule has 0 bridgehead atoms.